The molecule has 112 valence electrons. The molecule has 1 N–H and O–H groups in total. The van der Waals surface area contributed by atoms with Gasteiger partial charge in [-0.15, -0.1) is 0 Å². The van der Waals surface area contributed by atoms with Gasteiger partial charge in [0.25, 0.3) is 0 Å². The summed E-state index contributed by atoms with van der Waals surface area (Å²) in [5.74, 6) is -1.20. The molecular formula is C13H18O7. The van der Waals surface area contributed by atoms with E-state index in [0.717, 1.165) is 0 Å². The Morgan fingerprint density at radius 2 is 2.20 bits per heavy atom. The molecule has 3 aliphatic rings. The van der Waals surface area contributed by atoms with Crippen LogP contribution in [-0.2, 0) is 28.5 Å². The zero-order chi connectivity index (χ0) is 14.5. The summed E-state index contributed by atoms with van der Waals surface area (Å²) in [5.41, 5.74) is 0.473. The third kappa shape index (κ3) is 2.25. The molecule has 3 aliphatic heterocycles. The van der Waals surface area contributed by atoms with E-state index in [9.17, 15) is 9.90 Å². The molecular weight excluding hydrogens is 268 g/mol. The van der Waals surface area contributed by atoms with Gasteiger partial charge in [0.15, 0.2) is 12.1 Å². The molecule has 0 aliphatic carbocycles. The molecule has 0 aromatic rings. The van der Waals surface area contributed by atoms with Crippen molar-refractivity contribution in [1.82, 2.24) is 0 Å². The summed E-state index contributed by atoms with van der Waals surface area (Å²) in [6.45, 7) is 3.65. The van der Waals surface area contributed by atoms with Gasteiger partial charge >= 0.3 is 5.97 Å². The van der Waals surface area contributed by atoms with Crippen LogP contribution in [0.15, 0.2) is 11.6 Å². The summed E-state index contributed by atoms with van der Waals surface area (Å²) in [6.07, 6.45) is -1.85. The van der Waals surface area contributed by atoms with Crippen LogP contribution in [0.2, 0.25) is 0 Å². The van der Waals surface area contributed by atoms with Crippen molar-refractivity contribution in [3.05, 3.63) is 11.6 Å². The van der Waals surface area contributed by atoms with Crippen molar-refractivity contribution in [1.29, 1.82) is 0 Å². The van der Waals surface area contributed by atoms with Crippen molar-refractivity contribution in [3.63, 3.8) is 0 Å². The number of aliphatic hydroxyl groups is 1. The van der Waals surface area contributed by atoms with Crippen molar-refractivity contribution in [2.45, 2.75) is 50.3 Å². The zero-order valence-electron chi connectivity index (χ0n) is 11.6. The van der Waals surface area contributed by atoms with Crippen molar-refractivity contribution < 1.29 is 33.6 Å². The van der Waals surface area contributed by atoms with Gasteiger partial charge in [0.05, 0.1) is 0 Å². The van der Waals surface area contributed by atoms with Crippen LogP contribution in [0.3, 0.4) is 0 Å². The van der Waals surface area contributed by atoms with Gasteiger partial charge in [-0.2, -0.15) is 0 Å². The molecule has 2 fully saturated rings. The smallest absolute Gasteiger partial charge is 0.331 e. The standard InChI is InChI=1S/C13H18O7/c1-13(2)19-11-10(16-3)9(18-12(11)20-13)8(15)6-4-7(14)17-5-6/h4,8-12,15H,5H2,1-3H3/t8?,9-,10+,11-,12-/m1/s1. The van der Waals surface area contributed by atoms with Crippen LogP contribution in [0.25, 0.3) is 0 Å². The lowest BCUT2D eigenvalue weighted by atomic mass is 10.00. The monoisotopic (exact) mass is 286 g/mol. The average Bonchev–Trinajstić information content (AvgIpc) is 3.00. The first-order valence-electron chi connectivity index (χ1n) is 6.50. The lowest BCUT2D eigenvalue weighted by Crippen LogP contribution is -2.43. The van der Waals surface area contributed by atoms with Crippen LogP contribution < -0.4 is 0 Å². The third-order valence-corrected chi connectivity index (χ3v) is 3.67. The third-order valence-electron chi connectivity index (χ3n) is 3.67. The van der Waals surface area contributed by atoms with E-state index in [1.54, 1.807) is 13.8 Å². The number of esters is 1. The summed E-state index contributed by atoms with van der Waals surface area (Å²) in [4.78, 5) is 11.1. The molecule has 0 aromatic carbocycles. The van der Waals surface area contributed by atoms with Crippen molar-refractivity contribution in [3.8, 4) is 0 Å². The minimum absolute atomic E-state index is 0.0683. The number of methoxy groups -OCH3 is 1. The zero-order valence-corrected chi connectivity index (χ0v) is 11.6. The molecule has 1 unspecified atom stereocenters. The molecule has 0 spiro atoms. The quantitative estimate of drug-likeness (QED) is 0.714. The number of ether oxygens (including phenoxy) is 5. The molecule has 5 atom stereocenters. The maximum absolute atomic E-state index is 11.1. The molecule has 2 saturated heterocycles. The van der Waals surface area contributed by atoms with Gasteiger partial charge < -0.3 is 28.8 Å². The summed E-state index contributed by atoms with van der Waals surface area (Å²) in [5, 5.41) is 10.3. The minimum atomic E-state index is -0.993. The highest BCUT2D eigenvalue weighted by Crippen LogP contribution is 2.40. The molecule has 3 rings (SSSR count). The van der Waals surface area contributed by atoms with E-state index < -0.39 is 42.5 Å². The second kappa shape index (κ2) is 4.78. The highest BCUT2D eigenvalue weighted by molar-refractivity contribution is 5.85. The Bertz CT molecular complexity index is 444. The number of fused-ring (bicyclic) bond motifs is 1. The van der Waals surface area contributed by atoms with Gasteiger partial charge in [-0.25, -0.2) is 4.79 Å². The Balaban J connectivity index is 1.76. The summed E-state index contributed by atoms with van der Waals surface area (Å²) in [6, 6.07) is 0. The first-order valence-corrected chi connectivity index (χ1v) is 6.50. The van der Waals surface area contributed by atoms with Crippen molar-refractivity contribution >= 4 is 5.97 Å². The summed E-state index contributed by atoms with van der Waals surface area (Å²) in [7, 11) is 1.52. The number of carbonyl (C=O) groups is 1. The Hall–Kier alpha value is -0.990. The predicted octanol–water partition coefficient (Wildman–Crippen LogP) is -0.278. The van der Waals surface area contributed by atoms with Gasteiger partial charge in [0.1, 0.15) is 31.0 Å². The molecule has 3 heterocycles. The Morgan fingerprint density at radius 3 is 2.80 bits per heavy atom. The highest BCUT2D eigenvalue weighted by Gasteiger charge is 2.57. The molecule has 0 aromatic heterocycles. The van der Waals surface area contributed by atoms with E-state index in [-0.39, 0.29) is 6.61 Å². The molecule has 0 radical (unpaired) electrons. The van der Waals surface area contributed by atoms with Gasteiger partial charge in [-0.3, -0.25) is 0 Å². The lowest BCUT2D eigenvalue weighted by Gasteiger charge is -2.27. The molecule has 0 bridgehead atoms. The fourth-order valence-electron chi connectivity index (χ4n) is 2.80. The Morgan fingerprint density at radius 1 is 1.45 bits per heavy atom. The minimum Gasteiger partial charge on any atom is -0.458 e. The first-order chi connectivity index (χ1) is 9.41. The van der Waals surface area contributed by atoms with E-state index in [4.69, 9.17) is 23.7 Å². The summed E-state index contributed by atoms with van der Waals surface area (Å²) < 4.78 is 27.2. The SMILES string of the molecule is CO[C@@H]1[C@H]2OC(C)(C)O[C@H]2O[C@@H]1C(O)C1=CC(=O)OC1. The second-order valence-electron chi connectivity index (χ2n) is 5.54. The number of hydrogen-bond donors (Lipinski definition) is 1. The van der Waals surface area contributed by atoms with Crippen LogP contribution in [0.4, 0.5) is 0 Å². The second-order valence-corrected chi connectivity index (χ2v) is 5.54. The molecule has 0 amide bonds. The topological polar surface area (TPSA) is 83.5 Å². The van der Waals surface area contributed by atoms with E-state index in [1.165, 1.54) is 13.2 Å². The van der Waals surface area contributed by atoms with Crippen LogP contribution in [0, 0.1) is 0 Å². The number of hydrogen-bond acceptors (Lipinski definition) is 7. The average molecular weight is 286 g/mol. The Kier molecular flexibility index (Phi) is 3.34. The van der Waals surface area contributed by atoms with Crippen molar-refractivity contribution in [2.24, 2.45) is 0 Å². The number of aliphatic hydroxyl groups excluding tert-OH is 1. The van der Waals surface area contributed by atoms with Gasteiger partial charge in [0.2, 0.25) is 0 Å². The van der Waals surface area contributed by atoms with E-state index >= 15 is 0 Å². The highest BCUT2D eigenvalue weighted by atomic mass is 16.8. The molecule has 7 heteroatoms. The number of carbonyl (C=O) groups excluding carboxylic acids is 1. The molecule has 20 heavy (non-hydrogen) atoms. The number of rotatable bonds is 3. The Labute approximate surface area is 116 Å². The van der Waals surface area contributed by atoms with Crippen LogP contribution in [0.5, 0.6) is 0 Å². The molecule has 0 saturated carbocycles. The maximum Gasteiger partial charge on any atom is 0.331 e. The van der Waals surface area contributed by atoms with Crippen LogP contribution in [-0.4, -0.2) is 61.3 Å². The first kappa shape index (κ1) is 14.0. The van der Waals surface area contributed by atoms with Gasteiger partial charge in [-0.1, -0.05) is 0 Å². The van der Waals surface area contributed by atoms with Gasteiger partial charge in [-0.05, 0) is 13.8 Å². The van der Waals surface area contributed by atoms with Crippen molar-refractivity contribution in [2.75, 3.05) is 13.7 Å². The fourth-order valence-corrected chi connectivity index (χ4v) is 2.80. The number of cyclic esters (lactones) is 1. The van der Waals surface area contributed by atoms with E-state index in [1.807, 2.05) is 0 Å². The fraction of sp³-hybridized carbons (Fsp3) is 0.769. The van der Waals surface area contributed by atoms with Gasteiger partial charge in [0, 0.05) is 18.8 Å². The van der Waals surface area contributed by atoms with Crippen LogP contribution >= 0.6 is 0 Å². The predicted molar refractivity (Wildman–Crippen MR) is 64.5 cm³/mol. The molecule has 7 nitrogen and oxygen atoms in total. The van der Waals surface area contributed by atoms with Crippen LogP contribution in [0.1, 0.15) is 13.8 Å². The van der Waals surface area contributed by atoms with E-state index in [0.29, 0.717) is 5.57 Å². The largest absolute Gasteiger partial charge is 0.458 e. The maximum atomic E-state index is 11.1. The summed E-state index contributed by atoms with van der Waals surface area (Å²) >= 11 is 0. The van der Waals surface area contributed by atoms with E-state index in [2.05, 4.69) is 0 Å². The lowest BCUT2D eigenvalue weighted by molar-refractivity contribution is -0.225. The normalized spacial score (nSPS) is 40.4.